The summed E-state index contributed by atoms with van der Waals surface area (Å²) in [6, 6.07) is 12.9. The van der Waals surface area contributed by atoms with Crippen LogP contribution in [-0.2, 0) is 28.9 Å². The molecule has 0 bridgehead atoms. The lowest BCUT2D eigenvalue weighted by atomic mass is 10.1. The van der Waals surface area contributed by atoms with E-state index in [1.807, 2.05) is 18.2 Å². The molecule has 0 amide bonds. The minimum absolute atomic E-state index is 0.134. The quantitative estimate of drug-likeness (QED) is 0.658. The van der Waals surface area contributed by atoms with Crippen LogP contribution in [0.5, 0.6) is 0 Å². The van der Waals surface area contributed by atoms with Crippen LogP contribution in [0.2, 0.25) is 10.0 Å². The van der Waals surface area contributed by atoms with Gasteiger partial charge in [-0.3, -0.25) is 4.90 Å². The average molecular weight is 456 g/mol. The van der Waals surface area contributed by atoms with Crippen molar-refractivity contribution in [1.29, 1.82) is 0 Å². The van der Waals surface area contributed by atoms with Crippen LogP contribution in [0.1, 0.15) is 23.6 Å². The molecule has 1 aliphatic rings. The van der Waals surface area contributed by atoms with Gasteiger partial charge in [0.25, 0.3) is 0 Å². The molecule has 1 heterocycles. The molecule has 0 saturated carbocycles. The van der Waals surface area contributed by atoms with E-state index >= 15 is 0 Å². The fourth-order valence-electron chi connectivity index (χ4n) is 3.48. The summed E-state index contributed by atoms with van der Waals surface area (Å²) in [5.41, 5.74) is 2.77. The van der Waals surface area contributed by atoms with Crippen LogP contribution in [0.4, 0.5) is 0 Å². The number of nitrogens with one attached hydrogen (secondary N) is 1. The molecule has 1 saturated heterocycles. The first kappa shape index (κ1) is 22.5. The predicted octanol–water partition coefficient (Wildman–Crippen LogP) is 3.75. The van der Waals surface area contributed by atoms with Crippen molar-refractivity contribution in [2.45, 2.75) is 25.8 Å². The third kappa shape index (κ3) is 6.67. The third-order valence-electron chi connectivity index (χ3n) is 5.25. The molecule has 2 aromatic carbocycles. The third-order valence-corrected chi connectivity index (χ3v) is 7.28. The molecule has 5 nitrogen and oxygen atoms in total. The molecule has 0 unspecified atom stereocenters. The van der Waals surface area contributed by atoms with E-state index in [1.54, 1.807) is 18.2 Å². The highest BCUT2D eigenvalue weighted by Crippen LogP contribution is 2.23. The van der Waals surface area contributed by atoms with Gasteiger partial charge in [0, 0.05) is 39.3 Å². The molecule has 0 aromatic heterocycles. The van der Waals surface area contributed by atoms with Crippen molar-refractivity contribution in [2.75, 3.05) is 32.7 Å². The van der Waals surface area contributed by atoms with Gasteiger partial charge in [0.05, 0.1) is 15.8 Å². The van der Waals surface area contributed by atoms with Gasteiger partial charge in [-0.25, -0.2) is 13.1 Å². The Morgan fingerprint density at radius 1 is 0.931 bits per heavy atom. The van der Waals surface area contributed by atoms with Gasteiger partial charge in [-0.05, 0) is 35.4 Å². The number of benzene rings is 2. The number of sulfonamides is 1. The summed E-state index contributed by atoms with van der Waals surface area (Å²) >= 11 is 11.9. The van der Waals surface area contributed by atoms with Gasteiger partial charge >= 0.3 is 0 Å². The Balaban J connectivity index is 1.60. The molecule has 1 aliphatic heterocycles. The first-order chi connectivity index (χ1) is 13.9. The average Bonchev–Trinajstić information content (AvgIpc) is 2.70. The van der Waals surface area contributed by atoms with E-state index in [0.717, 1.165) is 50.4 Å². The van der Waals surface area contributed by atoms with Crippen LogP contribution in [-0.4, -0.2) is 50.9 Å². The summed E-state index contributed by atoms with van der Waals surface area (Å²) < 4.78 is 27.8. The first-order valence-electron chi connectivity index (χ1n) is 9.79. The fourth-order valence-corrected chi connectivity index (χ4v) is 4.89. The lowest BCUT2D eigenvalue weighted by molar-refractivity contribution is 0.131. The van der Waals surface area contributed by atoms with Crippen LogP contribution in [0.25, 0.3) is 0 Å². The molecule has 8 heteroatoms. The molecule has 158 valence electrons. The Bertz CT molecular complexity index is 929. The summed E-state index contributed by atoms with van der Waals surface area (Å²) in [6.45, 7) is 8.61. The number of likely N-dealkylation sites (N-methyl/N-ethyl adjacent to an activating group) is 1. The molecular formula is C21H27Cl2N3O2S. The topological polar surface area (TPSA) is 52.6 Å². The number of halogens is 2. The molecule has 29 heavy (non-hydrogen) atoms. The lowest BCUT2D eigenvalue weighted by Gasteiger charge is -2.34. The highest BCUT2D eigenvalue weighted by atomic mass is 35.5. The summed E-state index contributed by atoms with van der Waals surface area (Å²) in [6.07, 6.45) is 0. The van der Waals surface area contributed by atoms with Crippen LogP contribution in [0.15, 0.2) is 42.5 Å². The zero-order valence-electron chi connectivity index (χ0n) is 16.6. The van der Waals surface area contributed by atoms with Crippen molar-refractivity contribution in [3.05, 3.63) is 69.2 Å². The van der Waals surface area contributed by atoms with Crippen LogP contribution < -0.4 is 4.72 Å². The molecule has 0 spiro atoms. The normalized spacial score (nSPS) is 16.2. The van der Waals surface area contributed by atoms with E-state index in [4.69, 9.17) is 23.2 Å². The van der Waals surface area contributed by atoms with E-state index in [2.05, 4.69) is 27.5 Å². The second-order valence-corrected chi connectivity index (χ2v) is 9.93. The van der Waals surface area contributed by atoms with E-state index in [1.165, 1.54) is 0 Å². The molecule has 0 atom stereocenters. The lowest BCUT2D eigenvalue weighted by Crippen LogP contribution is -2.45. The van der Waals surface area contributed by atoms with Crippen LogP contribution in [0.3, 0.4) is 0 Å². The van der Waals surface area contributed by atoms with Gasteiger partial charge in [0.2, 0.25) is 10.0 Å². The number of nitrogens with zero attached hydrogens (tertiary/aromatic N) is 2. The molecule has 0 aliphatic carbocycles. The minimum Gasteiger partial charge on any atom is -0.301 e. The predicted molar refractivity (Wildman–Crippen MR) is 120 cm³/mol. The maximum Gasteiger partial charge on any atom is 0.216 e. The number of hydrogen-bond donors (Lipinski definition) is 1. The van der Waals surface area contributed by atoms with Crippen molar-refractivity contribution in [3.8, 4) is 0 Å². The van der Waals surface area contributed by atoms with Gasteiger partial charge < -0.3 is 4.90 Å². The van der Waals surface area contributed by atoms with E-state index in [0.29, 0.717) is 15.6 Å². The Labute approximate surface area is 183 Å². The van der Waals surface area contributed by atoms with Crippen LogP contribution >= 0.6 is 23.2 Å². The standard InChI is InChI=1S/C21H27Cl2N3O2S/c1-2-25-9-11-26(12-10-25)15-19-6-4-3-5-18(19)14-24-29(27,28)16-17-7-8-20(22)21(23)13-17/h3-8,13,24H,2,9-12,14-16H2,1H3. The largest absolute Gasteiger partial charge is 0.301 e. The Morgan fingerprint density at radius 2 is 1.59 bits per heavy atom. The maximum atomic E-state index is 12.5. The molecule has 1 fully saturated rings. The van der Waals surface area contributed by atoms with Gasteiger partial charge in [0.15, 0.2) is 0 Å². The Morgan fingerprint density at radius 3 is 2.24 bits per heavy atom. The first-order valence-corrected chi connectivity index (χ1v) is 12.2. The second-order valence-electron chi connectivity index (χ2n) is 7.31. The highest BCUT2D eigenvalue weighted by Gasteiger charge is 2.18. The van der Waals surface area contributed by atoms with Crippen molar-refractivity contribution in [3.63, 3.8) is 0 Å². The summed E-state index contributed by atoms with van der Waals surface area (Å²) in [5.74, 6) is -0.134. The number of rotatable bonds is 8. The number of piperazine rings is 1. The van der Waals surface area contributed by atoms with E-state index < -0.39 is 10.0 Å². The zero-order chi connectivity index (χ0) is 20.9. The molecule has 3 rings (SSSR count). The van der Waals surface area contributed by atoms with Gasteiger partial charge in [-0.1, -0.05) is 60.5 Å². The summed E-state index contributed by atoms with van der Waals surface area (Å²) in [7, 11) is -3.49. The van der Waals surface area contributed by atoms with E-state index in [-0.39, 0.29) is 12.3 Å². The van der Waals surface area contributed by atoms with Crippen LogP contribution in [0, 0.1) is 0 Å². The van der Waals surface area contributed by atoms with Gasteiger partial charge in [0.1, 0.15) is 0 Å². The minimum atomic E-state index is -3.49. The summed E-state index contributed by atoms with van der Waals surface area (Å²) in [4.78, 5) is 4.87. The Hall–Kier alpha value is -1.15. The SMILES string of the molecule is CCN1CCN(Cc2ccccc2CNS(=O)(=O)Cc2ccc(Cl)c(Cl)c2)CC1. The number of hydrogen-bond acceptors (Lipinski definition) is 4. The molecular weight excluding hydrogens is 429 g/mol. The Kier molecular flexibility index (Phi) is 7.96. The van der Waals surface area contributed by atoms with E-state index in [9.17, 15) is 8.42 Å². The van der Waals surface area contributed by atoms with Crippen molar-refractivity contribution >= 4 is 33.2 Å². The molecule has 2 aromatic rings. The molecule has 0 radical (unpaired) electrons. The molecule has 1 N–H and O–H groups in total. The van der Waals surface area contributed by atoms with Gasteiger partial charge in [-0.2, -0.15) is 0 Å². The highest BCUT2D eigenvalue weighted by molar-refractivity contribution is 7.88. The van der Waals surface area contributed by atoms with Crippen molar-refractivity contribution in [1.82, 2.24) is 14.5 Å². The zero-order valence-corrected chi connectivity index (χ0v) is 18.9. The fraction of sp³-hybridized carbons (Fsp3) is 0.429. The van der Waals surface area contributed by atoms with Crippen molar-refractivity contribution in [2.24, 2.45) is 0 Å². The monoisotopic (exact) mass is 455 g/mol. The maximum absolute atomic E-state index is 12.5. The second kappa shape index (κ2) is 10.2. The van der Waals surface area contributed by atoms with Gasteiger partial charge in [-0.15, -0.1) is 0 Å². The summed E-state index contributed by atoms with van der Waals surface area (Å²) in [5, 5.41) is 0.766. The smallest absolute Gasteiger partial charge is 0.216 e. The van der Waals surface area contributed by atoms with Crippen molar-refractivity contribution < 1.29 is 8.42 Å².